The molecule has 0 saturated carbocycles. The number of methoxy groups -OCH3 is 1. The molecule has 6 nitrogen and oxygen atoms in total. The molecule has 2 heterocycles. The molecule has 0 atom stereocenters. The minimum absolute atomic E-state index is 0.159. The Bertz CT molecular complexity index is 647. The second-order valence-corrected chi connectivity index (χ2v) is 3.96. The second-order valence-electron chi connectivity index (χ2n) is 3.96. The van der Waals surface area contributed by atoms with Gasteiger partial charge < -0.3 is 15.0 Å². The number of ether oxygens (including phenoxy) is 1. The lowest BCUT2D eigenvalue weighted by Crippen LogP contribution is -2.20. The normalized spacial score (nSPS) is 10.2. The number of hydrogen-bond donors (Lipinski definition) is 1. The van der Waals surface area contributed by atoms with E-state index < -0.39 is 5.97 Å². The maximum absolute atomic E-state index is 11.6. The molecular weight excluding hydrogens is 246 g/mol. The SMILES string of the molecule is COC(=O)c1ccc(Cn2cc(N)ccc2=O)nc1. The molecule has 2 aromatic rings. The van der Waals surface area contributed by atoms with Crippen molar-refractivity contribution in [3.63, 3.8) is 0 Å². The average molecular weight is 259 g/mol. The number of nitrogen functional groups attached to an aromatic ring is 1. The molecule has 0 bridgehead atoms. The molecule has 2 rings (SSSR count). The number of nitrogens with zero attached hydrogens (tertiary/aromatic N) is 2. The summed E-state index contributed by atoms with van der Waals surface area (Å²) in [7, 11) is 1.31. The number of carbonyl (C=O) groups is 1. The summed E-state index contributed by atoms with van der Waals surface area (Å²) in [5.41, 5.74) is 6.99. The van der Waals surface area contributed by atoms with Gasteiger partial charge in [0.2, 0.25) is 0 Å². The fraction of sp³-hybridized carbons (Fsp3) is 0.154. The number of rotatable bonds is 3. The second kappa shape index (κ2) is 5.34. The van der Waals surface area contributed by atoms with E-state index in [1.54, 1.807) is 24.4 Å². The summed E-state index contributed by atoms with van der Waals surface area (Å²) in [5, 5.41) is 0. The monoisotopic (exact) mass is 259 g/mol. The summed E-state index contributed by atoms with van der Waals surface area (Å²) in [6.45, 7) is 0.297. The zero-order valence-corrected chi connectivity index (χ0v) is 10.4. The molecule has 0 radical (unpaired) electrons. The van der Waals surface area contributed by atoms with E-state index in [-0.39, 0.29) is 5.56 Å². The van der Waals surface area contributed by atoms with E-state index in [9.17, 15) is 9.59 Å². The van der Waals surface area contributed by atoms with E-state index in [2.05, 4.69) is 9.72 Å². The van der Waals surface area contributed by atoms with Crippen LogP contribution in [0.4, 0.5) is 5.69 Å². The fourth-order valence-corrected chi connectivity index (χ4v) is 1.60. The first-order chi connectivity index (χ1) is 9.10. The molecule has 2 aromatic heterocycles. The highest BCUT2D eigenvalue weighted by molar-refractivity contribution is 5.88. The maximum Gasteiger partial charge on any atom is 0.339 e. The summed E-state index contributed by atoms with van der Waals surface area (Å²) in [6, 6.07) is 6.22. The largest absolute Gasteiger partial charge is 0.465 e. The lowest BCUT2D eigenvalue weighted by molar-refractivity contribution is 0.0600. The third-order valence-electron chi connectivity index (χ3n) is 2.58. The topological polar surface area (TPSA) is 87.2 Å². The highest BCUT2D eigenvalue weighted by Crippen LogP contribution is 2.04. The molecule has 2 N–H and O–H groups in total. The number of hydrogen-bond acceptors (Lipinski definition) is 5. The number of esters is 1. The van der Waals surface area contributed by atoms with E-state index in [1.165, 1.54) is 23.9 Å². The van der Waals surface area contributed by atoms with Crippen LogP contribution in [0.2, 0.25) is 0 Å². The van der Waals surface area contributed by atoms with E-state index in [0.717, 1.165) is 0 Å². The zero-order chi connectivity index (χ0) is 13.8. The number of carbonyl (C=O) groups excluding carboxylic acids is 1. The molecule has 0 spiro atoms. The first kappa shape index (κ1) is 12.8. The van der Waals surface area contributed by atoms with Crippen LogP contribution in [-0.2, 0) is 11.3 Å². The van der Waals surface area contributed by atoms with Crippen molar-refractivity contribution in [3.8, 4) is 0 Å². The van der Waals surface area contributed by atoms with Gasteiger partial charge in [0.1, 0.15) is 0 Å². The summed E-state index contributed by atoms with van der Waals surface area (Å²) >= 11 is 0. The molecule has 0 aliphatic heterocycles. The Kier molecular flexibility index (Phi) is 3.61. The molecule has 0 aliphatic carbocycles. The fourth-order valence-electron chi connectivity index (χ4n) is 1.60. The molecular formula is C13H13N3O3. The number of nitrogens with two attached hydrogens (primary N) is 1. The Morgan fingerprint density at radius 1 is 1.37 bits per heavy atom. The van der Waals surface area contributed by atoms with Crippen LogP contribution in [-0.4, -0.2) is 22.6 Å². The lowest BCUT2D eigenvalue weighted by atomic mass is 10.2. The van der Waals surface area contributed by atoms with Gasteiger partial charge in [-0.2, -0.15) is 0 Å². The molecule has 0 unspecified atom stereocenters. The molecule has 19 heavy (non-hydrogen) atoms. The standard InChI is InChI=1S/C13H13N3O3/c1-19-13(18)9-2-4-11(15-6-9)8-16-7-10(14)3-5-12(16)17/h2-7H,8,14H2,1H3. The van der Waals surface area contributed by atoms with Crippen molar-refractivity contribution < 1.29 is 9.53 Å². The van der Waals surface area contributed by atoms with E-state index in [4.69, 9.17) is 5.73 Å². The van der Waals surface area contributed by atoms with Crippen LogP contribution < -0.4 is 11.3 Å². The smallest absolute Gasteiger partial charge is 0.339 e. The lowest BCUT2D eigenvalue weighted by Gasteiger charge is -2.06. The van der Waals surface area contributed by atoms with Gasteiger partial charge in [-0.25, -0.2) is 4.79 Å². The Labute approximate surface area is 109 Å². The van der Waals surface area contributed by atoms with Crippen molar-refractivity contribution in [2.75, 3.05) is 12.8 Å². The molecule has 0 fully saturated rings. The Morgan fingerprint density at radius 3 is 2.79 bits per heavy atom. The van der Waals surface area contributed by atoms with Crippen LogP contribution in [0.3, 0.4) is 0 Å². The first-order valence-electron chi connectivity index (χ1n) is 5.59. The Balaban J connectivity index is 2.22. The molecule has 6 heteroatoms. The van der Waals surface area contributed by atoms with Crippen molar-refractivity contribution >= 4 is 11.7 Å². The van der Waals surface area contributed by atoms with Crippen LogP contribution in [0.1, 0.15) is 16.1 Å². The highest BCUT2D eigenvalue weighted by atomic mass is 16.5. The van der Waals surface area contributed by atoms with Crippen molar-refractivity contribution in [2.24, 2.45) is 0 Å². The summed E-state index contributed by atoms with van der Waals surface area (Å²) in [4.78, 5) is 27.0. The Morgan fingerprint density at radius 2 is 2.16 bits per heavy atom. The van der Waals surface area contributed by atoms with E-state index in [1.807, 2.05) is 0 Å². The molecule has 0 amide bonds. The van der Waals surface area contributed by atoms with Crippen molar-refractivity contribution in [2.45, 2.75) is 6.54 Å². The quantitative estimate of drug-likeness (QED) is 0.818. The summed E-state index contributed by atoms with van der Waals surface area (Å²) < 4.78 is 6.03. The minimum atomic E-state index is -0.444. The summed E-state index contributed by atoms with van der Waals surface area (Å²) in [6.07, 6.45) is 2.97. The summed E-state index contributed by atoms with van der Waals surface area (Å²) in [5.74, 6) is -0.444. The van der Waals surface area contributed by atoms with Crippen molar-refractivity contribution in [1.29, 1.82) is 0 Å². The third-order valence-corrected chi connectivity index (χ3v) is 2.58. The van der Waals surface area contributed by atoms with Gasteiger partial charge >= 0.3 is 5.97 Å². The van der Waals surface area contributed by atoms with Gasteiger partial charge in [0.05, 0.1) is 24.9 Å². The van der Waals surface area contributed by atoms with Crippen LogP contribution >= 0.6 is 0 Å². The van der Waals surface area contributed by atoms with Gasteiger partial charge in [0.15, 0.2) is 0 Å². The van der Waals surface area contributed by atoms with Gasteiger partial charge in [0, 0.05) is 24.1 Å². The molecule has 0 saturated heterocycles. The van der Waals surface area contributed by atoms with Gasteiger partial charge in [-0.15, -0.1) is 0 Å². The molecule has 98 valence electrons. The predicted molar refractivity (Wildman–Crippen MR) is 69.8 cm³/mol. The van der Waals surface area contributed by atoms with Crippen LogP contribution in [0, 0.1) is 0 Å². The maximum atomic E-state index is 11.6. The van der Waals surface area contributed by atoms with Crippen LogP contribution in [0.15, 0.2) is 41.5 Å². The van der Waals surface area contributed by atoms with Crippen molar-refractivity contribution in [3.05, 3.63) is 58.3 Å². The zero-order valence-electron chi connectivity index (χ0n) is 10.4. The third kappa shape index (κ3) is 2.98. The van der Waals surface area contributed by atoms with Gasteiger partial charge in [-0.3, -0.25) is 9.78 Å². The highest BCUT2D eigenvalue weighted by Gasteiger charge is 2.06. The Hall–Kier alpha value is -2.63. The molecule has 0 aliphatic rings. The number of anilines is 1. The van der Waals surface area contributed by atoms with Gasteiger partial charge in [-0.05, 0) is 18.2 Å². The minimum Gasteiger partial charge on any atom is -0.465 e. The predicted octanol–water partition coefficient (Wildman–Crippen LogP) is 0.660. The van der Waals surface area contributed by atoms with Crippen LogP contribution in [0.25, 0.3) is 0 Å². The number of aromatic nitrogens is 2. The van der Waals surface area contributed by atoms with Gasteiger partial charge in [0.25, 0.3) is 5.56 Å². The van der Waals surface area contributed by atoms with Crippen LogP contribution in [0.5, 0.6) is 0 Å². The average Bonchev–Trinajstić information content (AvgIpc) is 2.43. The molecule has 0 aromatic carbocycles. The van der Waals surface area contributed by atoms with E-state index in [0.29, 0.717) is 23.5 Å². The van der Waals surface area contributed by atoms with Crippen molar-refractivity contribution in [1.82, 2.24) is 9.55 Å². The van der Waals surface area contributed by atoms with E-state index >= 15 is 0 Å². The van der Waals surface area contributed by atoms with Gasteiger partial charge in [-0.1, -0.05) is 0 Å². The first-order valence-corrected chi connectivity index (χ1v) is 5.59. The number of pyridine rings is 2.